The third kappa shape index (κ3) is 3.20. The highest BCUT2D eigenvalue weighted by atomic mass is 19.4. The molecule has 0 amide bonds. The Morgan fingerprint density at radius 2 is 1.75 bits per heavy atom. The summed E-state index contributed by atoms with van der Waals surface area (Å²) in [5.41, 5.74) is 4.56. The molecule has 0 bridgehead atoms. The Morgan fingerprint density at radius 3 is 2.30 bits per heavy atom. The number of Topliss-reactive ketones (excluding diaryl/α,β-unsaturated/α-hetero) is 1. The van der Waals surface area contributed by atoms with E-state index in [1.807, 2.05) is 0 Å². The first-order valence-corrected chi connectivity index (χ1v) is 6.84. The van der Waals surface area contributed by atoms with E-state index in [9.17, 15) is 18.0 Å². The summed E-state index contributed by atoms with van der Waals surface area (Å²) in [6.45, 7) is 0.583. The van der Waals surface area contributed by atoms with Crippen LogP contribution in [-0.4, -0.2) is 12.3 Å². The van der Waals surface area contributed by atoms with Crippen LogP contribution >= 0.6 is 0 Å². The zero-order valence-electron chi connectivity index (χ0n) is 11.1. The molecular weight excluding hydrogens is 267 g/mol. The lowest BCUT2D eigenvalue weighted by Gasteiger charge is -2.27. The lowest BCUT2D eigenvalue weighted by atomic mass is 9.78. The second-order valence-electron chi connectivity index (χ2n) is 5.36. The first-order valence-electron chi connectivity index (χ1n) is 6.84. The fraction of sp³-hybridized carbons (Fsp3) is 0.533. The number of rotatable bonds is 3. The van der Waals surface area contributed by atoms with E-state index in [2.05, 4.69) is 0 Å². The fourth-order valence-electron chi connectivity index (χ4n) is 2.83. The van der Waals surface area contributed by atoms with Crippen molar-refractivity contribution in [1.29, 1.82) is 0 Å². The lowest BCUT2D eigenvalue weighted by molar-refractivity contribution is -0.137. The molecule has 1 aliphatic rings. The number of nitrogens with two attached hydrogens (primary N) is 1. The summed E-state index contributed by atoms with van der Waals surface area (Å²) in [7, 11) is 0. The van der Waals surface area contributed by atoms with Crippen LogP contribution in [0.4, 0.5) is 13.2 Å². The van der Waals surface area contributed by atoms with Gasteiger partial charge in [-0.05, 0) is 44.2 Å². The van der Waals surface area contributed by atoms with E-state index < -0.39 is 11.7 Å². The number of ketones is 1. The van der Waals surface area contributed by atoms with Gasteiger partial charge in [-0.1, -0.05) is 18.2 Å². The second-order valence-corrected chi connectivity index (χ2v) is 5.36. The Kier molecular flexibility index (Phi) is 4.48. The number of hydrogen-bond acceptors (Lipinski definition) is 2. The minimum Gasteiger partial charge on any atom is -0.330 e. The van der Waals surface area contributed by atoms with Crippen molar-refractivity contribution < 1.29 is 18.0 Å². The zero-order valence-corrected chi connectivity index (χ0v) is 11.1. The molecule has 1 aliphatic carbocycles. The Morgan fingerprint density at radius 1 is 1.15 bits per heavy atom. The molecule has 20 heavy (non-hydrogen) atoms. The van der Waals surface area contributed by atoms with Crippen LogP contribution in [0.5, 0.6) is 0 Å². The van der Waals surface area contributed by atoms with E-state index in [1.54, 1.807) is 0 Å². The highest BCUT2D eigenvalue weighted by molar-refractivity contribution is 5.99. The maximum absolute atomic E-state index is 12.9. The Balaban J connectivity index is 2.18. The van der Waals surface area contributed by atoms with Gasteiger partial charge < -0.3 is 5.73 Å². The van der Waals surface area contributed by atoms with Crippen molar-refractivity contribution >= 4 is 5.78 Å². The van der Waals surface area contributed by atoms with Gasteiger partial charge in [0.2, 0.25) is 0 Å². The van der Waals surface area contributed by atoms with Gasteiger partial charge in [-0.3, -0.25) is 4.79 Å². The normalized spacial score (nSPS) is 23.6. The van der Waals surface area contributed by atoms with E-state index in [0.717, 1.165) is 18.9 Å². The van der Waals surface area contributed by atoms with Gasteiger partial charge in [-0.2, -0.15) is 13.2 Å². The molecule has 2 N–H and O–H groups in total. The van der Waals surface area contributed by atoms with Crippen molar-refractivity contribution in [1.82, 2.24) is 0 Å². The molecule has 0 atom stereocenters. The molecule has 0 heterocycles. The highest BCUT2D eigenvalue weighted by Crippen LogP contribution is 2.36. The Labute approximate surface area is 116 Å². The van der Waals surface area contributed by atoms with Crippen molar-refractivity contribution in [3.63, 3.8) is 0 Å². The number of halogens is 3. The quantitative estimate of drug-likeness (QED) is 0.861. The Hall–Kier alpha value is -1.36. The molecule has 0 radical (unpaired) electrons. The molecule has 0 aliphatic heterocycles. The van der Waals surface area contributed by atoms with Gasteiger partial charge >= 0.3 is 6.18 Å². The van der Waals surface area contributed by atoms with E-state index in [-0.39, 0.29) is 17.3 Å². The first-order chi connectivity index (χ1) is 9.43. The number of hydrogen-bond donors (Lipinski definition) is 1. The fourth-order valence-corrected chi connectivity index (χ4v) is 2.83. The van der Waals surface area contributed by atoms with E-state index in [4.69, 9.17) is 5.73 Å². The van der Waals surface area contributed by atoms with Crippen LogP contribution in [0.25, 0.3) is 0 Å². The maximum Gasteiger partial charge on any atom is 0.417 e. The largest absolute Gasteiger partial charge is 0.417 e. The summed E-state index contributed by atoms with van der Waals surface area (Å²) in [5.74, 6) is -0.286. The molecule has 1 fully saturated rings. The van der Waals surface area contributed by atoms with Gasteiger partial charge in [0, 0.05) is 11.5 Å². The van der Waals surface area contributed by atoms with Gasteiger partial charge in [0.05, 0.1) is 5.56 Å². The predicted molar refractivity (Wildman–Crippen MR) is 70.3 cm³/mol. The molecule has 1 aromatic rings. The van der Waals surface area contributed by atoms with Gasteiger partial charge in [-0.25, -0.2) is 0 Å². The molecular formula is C15H18F3NO. The summed E-state index contributed by atoms with van der Waals surface area (Å²) >= 11 is 0. The summed E-state index contributed by atoms with van der Waals surface area (Å²) in [5, 5.41) is 0. The summed E-state index contributed by atoms with van der Waals surface area (Å²) < 4.78 is 38.8. The van der Waals surface area contributed by atoms with Crippen LogP contribution < -0.4 is 5.73 Å². The van der Waals surface area contributed by atoms with Crippen LogP contribution in [-0.2, 0) is 6.18 Å². The number of carbonyl (C=O) groups is 1. The third-order valence-electron chi connectivity index (χ3n) is 4.05. The van der Waals surface area contributed by atoms with Crippen LogP contribution in [0.2, 0.25) is 0 Å². The average Bonchev–Trinajstić information content (AvgIpc) is 2.46. The van der Waals surface area contributed by atoms with Crippen LogP contribution in [0, 0.1) is 11.8 Å². The lowest BCUT2D eigenvalue weighted by Crippen LogP contribution is -2.27. The first kappa shape index (κ1) is 15.0. The minimum absolute atomic E-state index is 0.198. The van der Waals surface area contributed by atoms with Crippen molar-refractivity contribution in [3.8, 4) is 0 Å². The van der Waals surface area contributed by atoms with E-state index in [1.165, 1.54) is 18.2 Å². The van der Waals surface area contributed by atoms with Gasteiger partial charge in [-0.15, -0.1) is 0 Å². The summed E-state index contributed by atoms with van der Waals surface area (Å²) in [4.78, 5) is 12.3. The third-order valence-corrected chi connectivity index (χ3v) is 4.05. The molecule has 5 heteroatoms. The van der Waals surface area contributed by atoms with Crippen LogP contribution in [0.1, 0.15) is 41.6 Å². The average molecular weight is 285 g/mol. The molecule has 0 spiro atoms. The number of alkyl halides is 3. The SMILES string of the molecule is NCC1CCC(C(=O)c2ccccc2C(F)(F)F)CC1. The predicted octanol–water partition coefficient (Wildman–Crippen LogP) is 3.65. The molecule has 110 valence electrons. The summed E-state index contributed by atoms with van der Waals surface area (Å²) in [6, 6.07) is 5.04. The van der Waals surface area contributed by atoms with Crippen LogP contribution in [0.15, 0.2) is 24.3 Å². The maximum atomic E-state index is 12.9. The van der Waals surface area contributed by atoms with Crippen molar-refractivity contribution in [2.75, 3.05) is 6.54 Å². The zero-order chi connectivity index (χ0) is 14.8. The van der Waals surface area contributed by atoms with E-state index >= 15 is 0 Å². The second kappa shape index (κ2) is 5.95. The number of carbonyl (C=O) groups excluding carboxylic acids is 1. The molecule has 1 saturated carbocycles. The van der Waals surface area contributed by atoms with Crippen molar-refractivity contribution in [2.24, 2.45) is 17.6 Å². The standard InChI is InChI=1S/C15H18F3NO/c16-15(17,18)13-4-2-1-3-12(13)14(20)11-7-5-10(9-19)6-8-11/h1-4,10-11H,5-9,19H2. The van der Waals surface area contributed by atoms with Gasteiger partial charge in [0.1, 0.15) is 0 Å². The molecule has 0 aromatic heterocycles. The smallest absolute Gasteiger partial charge is 0.330 e. The molecule has 2 nitrogen and oxygen atoms in total. The molecule has 2 rings (SSSR count). The van der Waals surface area contributed by atoms with Crippen LogP contribution in [0.3, 0.4) is 0 Å². The highest BCUT2D eigenvalue weighted by Gasteiger charge is 2.36. The van der Waals surface area contributed by atoms with Crippen molar-refractivity contribution in [3.05, 3.63) is 35.4 Å². The molecule has 1 aromatic carbocycles. The van der Waals surface area contributed by atoms with E-state index in [0.29, 0.717) is 25.3 Å². The number of benzene rings is 1. The molecule has 0 unspecified atom stereocenters. The molecule has 0 saturated heterocycles. The topological polar surface area (TPSA) is 43.1 Å². The van der Waals surface area contributed by atoms with Crippen molar-refractivity contribution in [2.45, 2.75) is 31.9 Å². The minimum atomic E-state index is -4.49. The Bertz CT molecular complexity index is 476. The van der Waals surface area contributed by atoms with Gasteiger partial charge in [0.25, 0.3) is 0 Å². The van der Waals surface area contributed by atoms with Gasteiger partial charge in [0.15, 0.2) is 5.78 Å². The monoisotopic (exact) mass is 285 g/mol. The summed E-state index contributed by atoms with van der Waals surface area (Å²) in [6.07, 6.45) is -1.58.